The summed E-state index contributed by atoms with van der Waals surface area (Å²) < 4.78 is 25.7. The standard InChI is InChI=1S/C13H10BrFOS/c14-11-3-7-13(8-4-11)17(16)9-10-1-5-12(15)6-2-10/h1-8H,9H2. The van der Waals surface area contributed by atoms with Crippen LogP contribution in [0.2, 0.25) is 0 Å². The predicted octanol–water partition coefficient (Wildman–Crippen LogP) is 3.90. The molecule has 0 saturated carbocycles. The Balaban J connectivity index is 2.11. The maximum Gasteiger partial charge on any atom is 0.123 e. The van der Waals surface area contributed by atoms with Gasteiger partial charge in [-0.2, -0.15) is 0 Å². The summed E-state index contributed by atoms with van der Waals surface area (Å²) in [6, 6.07) is 13.4. The van der Waals surface area contributed by atoms with E-state index < -0.39 is 10.8 Å². The Morgan fingerprint density at radius 2 is 1.59 bits per heavy atom. The first-order valence-electron chi connectivity index (χ1n) is 5.03. The van der Waals surface area contributed by atoms with Gasteiger partial charge in [0.1, 0.15) is 5.82 Å². The Hall–Kier alpha value is -1.00. The predicted molar refractivity (Wildman–Crippen MR) is 70.7 cm³/mol. The van der Waals surface area contributed by atoms with Gasteiger partial charge in [-0.25, -0.2) is 4.39 Å². The van der Waals surface area contributed by atoms with Crippen LogP contribution in [0.15, 0.2) is 57.9 Å². The van der Waals surface area contributed by atoms with Crippen molar-refractivity contribution in [1.82, 2.24) is 0 Å². The lowest BCUT2D eigenvalue weighted by molar-refractivity contribution is 0.627. The normalized spacial score (nSPS) is 12.4. The molecule has 0 aliphatic rings. The lowest BCUT2D eigenvalue weighted by atomic mass is 10.2. The van der Waals surface area contributed by atoms with Crippen LogP contribution in [-0.2, 0) is 16.6 Å². The number of rotatable bonds is 3. The molecule has 2 aromatic carbocycles. The molecule has 2 aromatic rings. The van der Waals surface area contributed by atoms with Gasteiger partial charge >= 0.3 is 0 Å². The number of hydrogen-bond acceptors (Lipinski definition) is 1. The van der Waals surface area contributed by atoms with E-state index in [-0.39, 0.29) is 5.82 Å². The Morgan fingerprint density at radius 3 is 2.18 bits per heavy atom. The minimum Gasteiger partial charge on any atom is -0.254 e. The molecule has 1 atom stereocenters. The maximum atomic E-state index is 12.7. The van der Waals surface area contributed by atoms with Crippen LogP contribution >= 0.6 is 15.9 Å². The van der Waals surface area contributed by atoms with Crippen molar-refractivity contribution in [3.8, 4) is 0 Å². The van der Waals surface area contributed by atoms with E-state index in [9.17, 15) is 8.60 Å². The highest BCUT2D eigenvalue weighted by Crippen LogP contribution is 2.16. The molecule has 0 aromatic heterocycles. The van der Waals surface area contributed by atoms with Gasteiger partial charge in [-0.15, -0.1) is 0 Å². The van der Waals surface area contributed by atoms with Crippen molar-refractivity contribution in [2.24, 2.45) is 0 Å². The van der Waals surface area contributed by atoms with Gasteiger partial charge in [0.15, 0.2) is 0 Å². The first kappa shape index (κ1) is 12.5. The molecule has 1 unspecified atom stereocenters. The monoisotopic (exact) mass is 312 g/mol. The summed E-state index contributed by atoms with van der Waals surface area (Å²) >= 11 is 3.33. The molecule has 0 aliphatic heterocycles. The molecule has 0 fully saturated rings. The second kappa shape index (κ2) is 5.56. The minimum atomic E-state index is -1.09. The quantitative estimate of drug-likeness (QED) is 0.840. The number of benzene rings is 2. The number of halogens is 2. The van der Waals surface area contributed by atoms with Gasteiger partial charge in [-0.3, -0.25) is 4.21 Å². The average molecular weight is 313 g/mol. The summed E-state index contributed by atoms with van der Waals surface area (Å²) in [5, 5.41) is 0. The average Bonchev–Trinajstić information content (AvgIpc) is 2.33. The van der Waals surface area contributed by atoms with Crippen LogP contribution in [0, 0.1) is 5.82 Å². The molecule has 88 valence electrons. The fraction of sp³-hybridized carbons (Fsp3) is 0.0769. The molecule has 0 heterocycles. The van der Waals surface area contributed by atoms with E-state index in [2.05, 4.69) is 15.9 Å². The highest BCUT2D eigenvalue weighted by Gasteiger charge is 2.05. The Bertz CT molecular complexity index is 522. The van der Waals surface area contributed by atoms with Gasteiger partial charge < -0.3 is 0 Å². The van der Waals surface area contributed by atoms with Crippen molar-refractivity contribution >= 4 is 26.7 Å². The van der Waals surface area contributed by atoms with Crippen molar-refractivity contribution in [3.63, 3.8) is 0 Å². The second-order valence-electron chi connectivity index (χ2n) is 3.57. The molecule has 0 N–H and O–H groups in total. The highest BCUT2D eigenvalue weighted by atomic mass is 79.9. The molecule has 0 saturated heterocycles. The van der Waals surface area contributed by atoms with Gasteiger partial charge in [-0.05, 0) is 42.0 Å². The number of hydrogen-bond donors (Lipinski definition) is 0. The molecule has 2 rings (SSSR count). The summed E-state index contributed by atoms with van der Waals surface area (Å²) in [5.74, 6) is 0.130. The summed E-state index contributed by atoms with van der Waals surface area (Å²) in [4.78, 5) is 0.775. The SMILES string of the molecule is O=S(Cc1ccc(F)cc1)c1ccc(Br)cc1. The third kappa shape index (κ3) is 3.48. The van der Waals surface area contributed by atoms with Crippen LogP contribution in [0.5, 0.6) is 0 Å². The second-order valence-corrected chi connectivity index (χ2v) is 5.94. The molecule has 0 bridgehead atoms. The lowest BCUT2D eigenvalue weighted by Crippen LogP contribution is -1.96. The van der Waals surface area contributed by atoms with E-state index in [0.717, 1.165) is 14.9 Å². The molecular weight excluding hydrogens is 303 g/mol. The van der Waals surface area contributed by atoms with E-state index in [1.807, 2.05) is 24.3 Å². The van der Waals surface area contributed by atoms with Crippen LogP contribution in [0.3, 0.4) is 0 Å². The summed E-state index contributed by atoms with van der Waals surface area (Å²) in [5.41, 5.74) is 0.868. The van der Waals surface area contributed by atoms with Crippen LogP contribution in [0.4, 0.5) is 4.39 Å². The van der Waals surface area contributed by atoms with Gasteiger partial charge in [0.25, 0.3) is 0 Å². The van der Waals surface area contributed by atoms with Crippen LogP contribution in [0.1, 0.15) is 5.56 Å². The topological polar surface area (TPSA) is 17.1 Å². The summed E-state index contributed by atoms with van der Waals surface area (Å²) in [7, 11) is -1.09. The first-order chi connectivity index (χ1) is 8.15. The molecule has 17 heavy (non-hydrogen) atoms. The minimum absolute atomic E-state index is 0.275. The highest BCUT2D eigenvalue weighted by molar-refractivity contribution is 9.10. The van der Waals surface area contributed by atoms with Crippen LogP contribution in [0.25, 0.3) is 0 Å². The Morgan fingerprint density at radius 1 is 1.00 bits per heavy atom. The van der Waals surface area contributed by atoms with E-state index >= 15 is 0 Å². The van der Waals surface area contributed by atoms with Crippen LogP contribution < -0.4 is 0 Å². The van der Waals surface area contributed by atoms with Crippen molar-refractivity contribution in [3.05, 3.63) is 64.4 Å². The molecule has 1 nitrogen and oxygen atoms in total. The molecule has 0 spiro atoms. The van der Waals surface area contributed by atoms with Crippen molar-refractivity contribution in [2.75, 3.05) is 0 Å². The summed E-state index contributed by atoms with van der Waals surface area (Å²) in [6.07, 6.45) is 0. The molecule has 4 heteroatoms. The van der Waals surface area contributed by atoms with E-state index in [1.165, 1.54) is 12.1 Å². The molecule has 0 amide bonds. The van der Waals surface area contributed by atoms with Gasteiger partial charge in [-0.1, -0.05) is 28.1 Å². The van der Waals surface area contributed by atoms with E-state index in [4.69, 9.17) is 0 Å². The zero-order valence-electron chi connectivity index (χ0n) is 8.90. The van der Waals surface area contributed by atoms with Crippen molar-refractivity contribution in [2.45, 2.75) is 10.6 Å². The lowest BCUT2D eigenvalue weighted by Gasteiger charge is -2.03. The molecule has 0 aliphatic carbocycles. The largest absolute Gasteiger partial charge is 0.254 e. The van der Waals surface area contributed by atoms with Gasteiger partial charge in [0.2, 0.25) is 0 Å². The first-order valence-corrected chi connectivity index (χ1v) is 7.15. The van der Waals surface area contributed by atoms with Crippen molar-refractivity contribution in [1.29, 1.82) is 0 Å². The van der Waals surface area contributed by atoms with E-state index in [1.54, 1.807) is 12.1 Å². The molecular formula is C13H10BrFOS. The Labute approximate surface area is 110 Å². The third-order valence-corrected chi connectivity index (χ3v) is 4.21. The van der Waals surface area contributed by atoms with Crippen LogP contribution in [-0.4, -0.2) is 4.21 Å². The maximum absolute atomic E-state index is 12.7. The molecule has 0 radical (unpaired) electrons. The fourth-order valence-corrected chi connectivity index (χ4v) is 2.77. The fourth-order valence-electron chi connectivity index (χ4n) is 1.40. The summed E-state index contributed by atoms with van der Waals surface area (Å²) in [6.45, 7) is 0. The zero-order valence-corrected chi connectivity index (χ0v) is 11.3. The van der Waals surface area contributed by atoms with Crippen molar-refractivity contribution < 1.29 is 8.60 Å². The van der Waals surface area contributed by atoms with Gasteiger partial charge in [0.05, 0.1) is 16.6 Å². The third-order valence-electron chi connectivity index (χ3n) is 2.29. The smallest absolute Gasteiger partial charge is 0.123 e. The Kier molecular flexibility index (Phi) is 4.07. The zero-order chi connectivity index (χ0) is 12.3. The van der Waals surface area contributed by atoms with E-state index in [0.29, 0.717) is 5.75 Å². The van der Waals surface area contributed by atoms with Gasteiger partial charge in [0, 0.05) is 9.37 Å².